The largest absolute Gasteiger partial charge is 0.486 e. The molecule has 1 aromatic heterocycles. The van der Waals surface area contributed by atoms with Crippen LogP contribution in [0.15, 0.2) is 59.7 Å². The number of ether oxygens (including phenoxy) is 1. The summed E-state index contributed by atoms with van der Waals surface area (Å²) in [7, 11) is 0. The smallest absolute Gasteiger partial charge is 0.278 e. The SMILES string of the molecule is O=[N+]([O-])c1ccccc1/C=N\n1c(COc2ccccc2)n[nH]c1=S. The van der Waals surface area contributed by atoms with Gasteiger partial charge in [-0.25, -0.2) is 5.10 Å². The van der Waals surface area contributed by atoms with Gasteiger partial charge in [-0.3, -0.25) is 10.1 Å². The van der Waals surface area contributed by atoms with Crippen LogP contribution >= 0.6 is 12.2 Å². The Balaban J connectivity index is 1.83. The molecule has 3 rings (SSSR count). The van der Waals surface area contributed by atoms with Crippen molar-refractivity contribution in [1.82, 2.24) is 14.9 Å². The third kappa shape index (κ3) is 3.96. The molecule has 0 saturated heterocycles. The van der Waals surface area contributed by atoms with E-state index in [2.05, 4.69) is 15.3 Å². The fourth-order valence-electron chi connectivity index (χ4n) is 2.08. The van der Waals surface area contributed by atoms with Crippen LogP contribution in [0.1, 0.15) is 11.4 Å². The van der Waals surface area contributed by atoms with Gasteiger partial charge in [-0.05, 0) is 30.4 Å². The van der Waals surface area contributed by atoms with E-state index in [-0.39, 0.29) is 17.1 Å². The average molecular weight is 355 g/mol. The molecule has 0 bridgehead atoms. The molecule has 1 N–H and O–H groups in total. The van der Waals surface area contributed by atoms with Crippen molar-refractivity contribution in [2.24, 2.45) is 5.10 Å². The Bertz CT molecular complexity index is 965. The molecule has 126 valence electrons. The number of para-hydroxylation sites is 2. The first-order chi connectivity index (χ1) is 12.1. The van der Waals surface area contributed by atoms with Crippen LogP contribution in [0.4, 0.5) is 5.69 Å². The van der Waals surface area contributed by atoms with E-state index in [9.17, 15) is 10.1 Å². The highest BCUT2D eigenvalue weighted by molar-refractivity contribution is 7.71. The number of nitrogens with zero attached hydrogens (tertiary/aromatic N) is 4. The molecular weight excluding hydrogens is 342 g/mol. The Morgan fingerprint density at radius 2 is 1.96 bits per heavy atom. The number of H-pyrrole nitrogens is 1. The molecule has 1 heterocycles. The van der Waals surface area contributed by atoms with E-state index in [4.69, 9.17) is 17.0 Å². The van der Waals surface area contributed by atoms with E-state index in [1.165, 1.54) is 17.0 Å². The summed E-state index contributed by atoms with van der Waals surface area (Å²) < 4.78 is 7.26. The summed E-state index contributed by atoms with van der Waals surface area (Å²) in [5.74, 6) is 1.13. The third-order valence-corrected chi connectivity index (χ3v) is 3.54. The highest BCUT2D eigenvalue weighted by atomic mass is 32.1. The predicted molar refractivity (Wildman–Crippen MR) is 94.3 cm³/mol. The molecule has 0 amide bonds. The molecule has 9 heteroatoms. The topological polar surface area (TPSA) is 98.3 Å². The number of nitro benzene ring substituents is 1. The number of rotatable bonds is 6. The second-order valence-electron chi connectivity index (χ2n) is 4.92. The maximum atomic E-state index is 11.1. The first kappa shape index (κ1) is 16.5. The van der Waals surface area contributed by atoms with Crippen molar-refractivity contribution in [2.45, 2.75) is 6.61 Å². The van der Waals surface area contributed by atoms with E-state index in [0.29, 0.717) is 17.1 Å². The Morgan fingerprint density at radius 3 is 2.72 bits per heavy atom. The van der Waals surface area contributed by atoms with Gasteiger partial charge in [0.15, 0.2) is 5.82 Å². The van der Waals surface area contributed by atoms with Gasteiger partial charge in [0.25, 0.3) is 5.69 Å². The summed E-state index contributed by atoms with van der Waals surface area (Å²) >= 11 is 5.15. The number of nitrogens with one attached hydrogen (secondary N) is 1. The van der Waals surface area contributed by atoms with Crippen molar-refractivity contribution < 1.29 is 9.66 Å². The molecule has 2 aromatic carbocycles. The fraction of sp³-hybridized carbons (Fsp3) is 0.0625. The lowest BCUT2D eigenvalue weighted by Gasteiger charge is -2.05. The van der Waals surface area contributed by atoms with Crippen LogP contribution in [0.3, 0.4) is 0 Å². The molecule has 3 aromatic rings. The minimum atomic E-state index is -0.463. The first-order valence-corrected chi connectivity index (χ1v) is 7.68. The zero-order valence-electron chi connectivity index (χ0n) is 12.9. The quantitative estimate of drug-likeness (QED) is 0.316. The number of hydrogen-bond donors (Lipinski definition) is 1. The molecule has 0 atom stereocenters. The van der Waals surface area contributed by atoms with Crippen molar-refractivity contribution in [2.75, 3.05) is 0 Å². The van der Waals surface area contributed by atoms with Gasteiger partial charge in [-0.15, -0.1) is 0 Å². The number of nitro groups is 1. The van der Waals surface area contributed by atoms with E-state index >= 15 is 0 Å². The van der Waals surface area contributed by atoms with Crippen LogP contribution in [0.25, 0.3) is 0 Å². The fourth-order valence-corrected chi connectivity index (χ4v) is 2.28. The van der Waals surface area contributed by atoms with Gasteiger partial charge >= 0.3 is 0 Å². The first-order valence-electron chi connectivity index (χ1n) is 7.27. The molecule has 25 heavy (non-hydrogen) atoms. The van der Waals surface area contributed by atoms with Crippen molar-refractivity contribution >= 4 is 24.1 Å². The van der Waals surface area contributed by atoms with Crippen LogP contribution in [-0.2, 0) is 6.61 Å². The summed E-state index contributed by atoms with van der Waals surface area (Å²) in [5, 5.41) is 22.0. The maximum absolute atomic E-state index is 11.1. The average Bonchev–Trinajstić information content (AvgIpc) is 2.99. The van der Waals surface area contributed by atoms with Gasteiger partial charge in [0, 0.05) is 6.07 Å². The predicted octanol–water partition coefficient (Wildman–Crippen LogP) is 3.31. The van der Waals surface area contributed by atoms with Crippen LogP contribution in [0.5, 0.6) is 5.75 Å². The number of aromatic amines is 1. The molecule has 0 fully saturated rings. The highest BCUT2D eigenvalue weighted by Crippen LogP contribution is 2.16. The lowest BCUT2D eigenvalue weighted by Crippen LogP contribution is -2.04. The van der Waals surface area contributed by atoms with Gasteiger partial charge in [-0.1, -0.05) is 30.3 Å². The second kappa shape index (κ2) is 7.49. The van der Waals surface area contributed by atoms with Crippen LogP contribution < -0.4 is 4.74 Å². The number of aromatic nitrogens is 3. The third-order valence-electron chi connectivity index (χ3n) is 3.27. The summed E-state index contributed by atoms with van der Waals surface area (Å²) in [6.07, 6.45) is 1.37. The Morgan fingerprint density at radius 1 is 1.24 bits per heavy atom. The van der Waals surface area contributed by atoms with Gasteiger partial charge in [0.2, 0.25) is 4.77 Å². The molecule has 0 aliphatic carbocycles. The summed E-state index contributed by atoms with van der Waals surface area (Å²) in [5.41, 5.74) is 0.328. The monoisotopic (exact) mass is 355 g/mol. The van der Waals surface area contributed by atoms with E-state index in [1.54, 1.807) is 18.2 Å². The summed E-state index contributed by atoms with van der Waals surface area (Å²) in [6.45, 7) is 0.144. The van der Waals surface area contributed by atoms with Crippen molar-refractivity contribution in [3.63, 3.8) is 0 Å². The number of hydrogen-bond acceptors (Lipinski definition) is 6. The minimum Gasteiger partial charge on any atom is -0.486 e. The van der Waals surface area contributed by atoms with Crippen molar-refractivity contribution in [3.8, 4) is 5.75 Å². The Kier molecular flexibility index (Phi) is 4.95. The molecule has 0 radical (unpaired) electrons. The molecule has 0 aliphatic heterocycles. The van der Waals surface area contributed by atoms with Crippen molar-refractivity contribution in [1.29, 1.82) is 0 Å². The lowest BCUT2D eigenvalue weighted by molar-refractivity contribution is -0.385. The molecule has 0 aliphatic rings. The van der Waals surface area contributed by atoms with E-state index < -0.39 is 4.92 Å². The zero-order chi connectivity index (χ0) is 17.6. The molecule has 0 unspecified atom stereocenters. The Labute approximate surface area is 147 Å². The lowest BCUT2D eigenvalue weighted by atomic mass is 10.2. The van der Waals surface area contributed by atoms with Gasteiger partial charge in [0.05, 0.1) is 16.7 Å². The summed E-state index contributed by atoms with van der Waals surface area (Å²) in [4.78, 5) is 10.6. The van der Waals surface area contributed by atoms with Crippen LogP contribution in [0.2, 0.25) is 0 Å². The standard InChI is InChI=1S/C16H13N5O3S/c22-21(23)14-9-5-4-6-12(14)10-17-20-15(18-19-16(20)25)11-24-13-7-2-1-3-8-13/h1-10H,11H2,(H,19,25)/b17-10-. The van der Waals surface area contributed by atoms with Gasteiger partial charge in [0.1, 0.15) is 12.4 Å². The molecule has 0 spiro atoms. The molecule has 8 nitrogen and oxygen atoms in total. The second-order valence-corrected chi connectivity index (χ2v) is 5.31. The normalized spacial score (nSPS) is 10.9. The molecule has 0 saturated carbocycles. The van der Waals surface area contributed by atoms with Gasteiger partial charge < -0.3 is 4.74 Å². The van der Waals surface area contributed by atoms with Crippen LogP contribution in [-0.4, -0.2) is 26.0 Å². The Hall–Kier alpha value is -3.33. The number of benzene rings is 2. The summed E-state index contributed by atoms with van der Waals surface area (Å²) in [6, 6.07) is 15.6. The van der Waals surface area contributed by atoms with Crippen molar-refractivity contribution in [3.05, 3.63) is 80.9 Å². The maximum Gasteiger partial charge on any atom is 0.278 e. The zero-order valence-corrected chi connectivity index (χ0v) is 13.7. The van der Waals surface area contributed by atoms with Crippen LogP contribution in [0, 0.1) is 14.9 Å². The van der Waals surface area contributed by atoms with Gasteiger partial charge in [-0.2, -0.15) is 14.9 Å². The highest BCUT2D eigenvalue weighted by Gasteiger charge is 2.11. The van der Waals surface area contributed by atoms with E-state index in [0.717, 1.165) is 0 Å². The minimum absolute atomic E-state index is 0.0386. The van der Waals surface area contributed by atoms with E-state index in [1.807, 2.05) is 30.3 Å². The molecular formula is C16H13N5O3S.